The van der Waals surface area contributed by atoms with Crippen molar-refractivity contribution in [3.8, 4) is 0 Å². The van der Waals surface area contributed by atoms with Gasteiger partial charge in [-0.05, 0) is 36.8 Å². The number of carbonyl (C=O) groups excluding carboxylic acids is 1. The topological polar surface area (TPSA) is 97.1 Å². The number of hydrogen-bond acceptors (Lipinski definition) is 5. The van der Waals surface area contributed by atoms with Crippen LogP contribution in [0.15, 0.2) is 59.8 Å². The highest BCUT2D eigenvalue weighted by Gasteiger charge is 2.14. The molecule has 0 spiro atoms. The van der Waals surface area contributed by atoms with Crippen LogP contribution in [0.25, 0.3) is 0 Å². The molecule has 0 aliphatic carbocycles. The van der Waals surface area contributed by atoms with Crippen molar-refractivity contribution in [2.75, 3.05) is 11.1 Å². The second kappa shape index (κ2) is 9.18. The summed E-state index contributed by atoms with van der Waals surface area (Å²) in [7, 11) is 0. The number of anilines is 1. The molecule has 0 atom stereocenters. The van der Waals surface area contributed by atoms with Gasteiger partial charge in [-0.1, -0.05) is 42.1 Å². The summed E-state index contributed by atoms with van der Waals surface area (Å²) in [6.07, 6.45) is 0.685. The summed E-state index contributed by atoms with van der Waals surface area (Å²) < 4.78 is 2.01. The third-order valence-electron chi connectivity index (χ3n) is 4.06. The molecular weight excluding hydrogens is 376 g/mol. The van der Waals surface area contributed by atoms with Gasteiger partial charge in [0.15, 0.2) is 5.16 Å². The first-order valence-corrected chi connectivity index (χ1v) is 9.77. The van der Waals surface area contributed by atoms with Crippen LogP contribution < -0.4 is 5.32 Å². The number of amides is 1. The smallest absolute Gasteiger partial charge is 0.335 e. The van der Waals surface area contributed by atoms with E-state index in [2.05, 4.69) is 15.5 Å². The zero-order valence-corrected chi connectivity index (χ0v) is 16.1. The normalized spacial score (nSPS) is 10.6. The van der Waals surface area contributed by atoms with E-state index in [0.29, 0.717) is 17.3 Å². The Labute approximate surface area is 166 Å². The second-order valence-corrected chi connectivity index (χ2v) is 6.97. The van der Waals surface area contributed by atoms with Crippen LogP contribution in [0.3, 0.4) is 0 Å². The number of nitrogens with zero attached hydrogens (tertiary/aromatic N) is 3. The molecule has 28 heavy (non-hydrogen) atoms. The maximum Gasteiger partial charge on any atom is 0.335 e. The van der Waals surface area contributed by atoms with E-state index >= 15 is 0 Å². The second-order valence-electron chi connectivity index (χ2n) is 6.02. The van der Waals surface area contributed by atoms with Gasteiger partial charge in [0.1, 0.15) is 5.82 Å². The van der Waals surface area contributed by atoms with E-state index in [0.717, 1.165) is 17.9 Å². The fourth-order valence-electron chi connectivity index (χ4n) is 2.68. The molecule has 0 unspecified atom stereocenters. The zero-order valence-electron chi connectivity index (χ0n) is 15.3. The molecule has 2 N–H and O–H groups in total. The summed E-state index contributed by atoms with van der Waals surface area (Å²) in [4.78, 5) is 23.1. The summed E-state index contributed by atoms with van der Waals surface area (Å²) >= 11 is 1.32. The van der Waals surface area contributed by atoms with E-state index in [-0.39, 0.29) is 17.2 Å². The number of benzene rings is 2. The Kier molecular flexibility index (Phi) is 6.44. The van der Waals surface area contributed by atoms with Gasteiger partial charge in [-0.25, -0.2) is 4.79 Å². The number of rotatable bonds is 8. The van der Waals surface area contributed by atoms with Gasteiger partial charge in [-0.2, -0.15) is 0 Å². The summed E-state index contributed by atoms with van der Waals surface area (Å²) in [6, 6.07) is 16.1. The SMILES string of the molecule is CCn1c(Cc2ccccc2)nnc1SCC(=O)Nc1ccc(C(=O)O)cc1. The Hall–Kier alpha value is -3.13. The minimum atomic E-state index is -1.00. The number of aromatic carboxylic acids is 1. The molecule has 144 valence electrons. The fourth-order valence-corrected chi connectivity index (χ4v) is 3.50. The molecule has 0 aliphatic heterocycles. The van der Waals surface area contributed by atoms with Crippen LogP contribution in [-0.4, -0.2) is 37.5 Å². The number of hydrogen-bond donors (Lipinski definition) is 2. The Morgan fingerprint density at radius 3 is 2.43 bits per heavy atom. The summed E-state index contributed by atoms with van der Waals surface area (Å²) in [5.74, 6) is -0.146. The van der Waals surface area contributed by atoms with Gasteiger partial charge in [0.2, 0.25) is 5.91 Å². The van der Waals surface area contributed by atoms with Crippen molar-refractivity contribution in [2.24, 2.45) is 0 Å². The number of thioether (sulfide) groups is 1. The van der Waals surface area contributed by atoms with E-state index < -0.39 is 5.97 Å². The maximum absolute atomic E-state index is 12.2. The van der Waals surface area contributed by atoms with E-state index in [1.165, 1.54) is 23.9 Å². The highest BCUT2D eigenvalue weighted by atomic mass is 32.2. The predicted octanol–water partition coefficient (Wildman–Crippen LogP) is 3.32. The molecular formula is C20H20N4O3S. The lowest BCUT2D eigenvalue weighted by molar-refractivity contribution is -0.113. The summed E-state index contributed by atoms with van der Waals surface area (Å²) in [6.45, 7) is 2.74. The van der Waals surface area contributed by atoms with Crippen LogP contribution in [0.5, 0.6) is 0 Å². The molecule has 0 saturated heterocycles. The Bertz CT molecular complexity index is 955. The van der Waals surface area contributed by atoms with Crippen molar-refractivity contribution in [1.29, 1.82) is 0 Å². The van der Waals surface area contributed by atoms with Crippen LogP contribution in [-0.2, 0) is 17.8 Å². The summed E-state index contributed by atoms with van der Waals surface area (Å²) in [5.41, 5.74) is 1.88. The molecule has 1 amide bonds. The quantitative estimate of drug-likeness (QED) is 0.567. The third kappa shape index (κ3) is 4.98. The van der Waals surface area contributed by atoms with Crippen molar-refractivity contribution >= 4 is 29.3 Å². The Balaban J connectivity index is 1.59. The van der Waals surface area contributed by atoms with Crippen molar-refractivity contribution in [3.05, 3.63) is 71.5 Å². The predicted molar refractivity (Wildman–Crippen MR) is 108 cm³/mol. The minimum Gasteiger partial charge on any atom is -0.478 e. The number of carboxylic acid groups (broad SMARTS) is 1. The van der Waals surface area contributed by atoms with Gasteiger partial charge in [-0.3, -0.25) is 4.79 Å². The number of nitrogens with one attached hydrogen (secondary N) is 1. The summed E-state index contributed by atoms with van der Waals surface area (Å²) in [5, 5.41) is 20.9. The van der Waals surface area contributed by atoms with Crippen LogP contribution in [0.1, 0.15) is 28.7 Å². The lowest BCUT2D eigenvalue weighted by atomic mass is 10.1. The van der Waals surface area contributed by atoms with Gasteiger partial charge in [0.05, 0.1) is 11.3 Å². The highest BCUT2D eigenvalue weighted by molar-refractivity contribution is 7.99. The minimum absolute atomic E-state index is 0.175. The Morgan fingerprint density at radius 1 is 1.07 bits per heavy atom. The van der Waals surface area contributed by atoms with E-state index in [4.69, 9.17) is 5.11 Å². The average molecular weight is 396 g/mol. The molecule has 7 nitrogen and oxygen atoms in total. The standard InChI is InChI=1S/C20H20N4O3S/c1-2-24-17(12-14-6-4-3-5-7-14)22-23-20(24)28-13-18(25)21-16-10-8-15(9-11-16)19(26)27/h3-11H,2,12-13H2,1H3,(H,21,25)(H,26,27). The molecule has 3 aromatic rings. The molecule has 0 bridgehead atoms. The molecule has 0 aliphatic rings. The molecule has 1 aromatic heterocycles. The first kappa shape index (κ1) is 19.6. The van der Waals surface area contributed by atoms with Gasteiger partial charge < -0.3 is 15.0 Å². The molecule has 2 aromatic carbocycles. The number of aromatic nitrogens is 3. The lowest BCUT2D eigenvalue weighted by Gasteiger charge is -2.08. The van der Waals surface area contributed by atoms with Crippen molar-refractivity contribution in [2.45, 2.75) is 25.0 Å². The molecule has 3 rings (SSSR count). The van der Waals surface area contributed by atoms with E-state index in [1.807, 2.05) is 41.8 Å². The molecule has 8 heteroatoms. The van der Waals surface area contributed by atoms with Gasteiger partial charge in [0.25, 0.3) is 0 Å². The molecule has 0 radical (unpaired) electrons. The number of carboxylic acids is 1. The average Bonchev–Trinajstić information content (AvgIpc) is 3.09. The largest absolute Gasteiger partial charge is 0.478 e. The van der Waals surface area contributed by atoms with Crippen LogP contribution in [0, 0.1) is 0 Å². The first-order chi connectivity index (χ1) is 13.6. The van der Waals surface area contributed by atoms with Crippen LogP contribution in [0.2, 0.25) is 0 Å². The maximum atomic E-state index is 12.2. The third-order valence-corrected chi connectivity index (χ3v) is 5.03. The van der Waals surface area contributed by atoms with E-state index in [9.17, 15) is 9.59 Å². The van der Waals surface area contributed by atoms with Crippen LogP contribution >= 0.6 is 11.8 Å². The monoisotopic (exact) mass is 396 g/mol. The molecule has 1 heterocycles. The lowest BCUT2D eigenvalue weighted by Crippen LogP contribution is -2.15. The zero-order chi connectivity index (χ0) is 19.9. The fraction of sp³-hybridized carbons (Fsp3) is 0.200. The van der Waals surface area contributed by atoms with Gasteiger partial charge in [0, 0.05) is 18.7 Å². The highest BCUT2D eigenvalue weighted by Crippen LogP contribution is 2.19. The Morgan fingerprint density at radius 2 is 1.79 bits per heavy atom. The first-order valence-electron chi connectivity index (χ1n) is 8.79. The van der Waals surface area contributed by atoms with Gasteiger partial charge in [-0.15, -0.1) is 10.2 Å². The number of carbonyl (C=O) groups is 2. The van der Waals surface area contributed by atoms with Crippen molar-refractivity contribution in [1.82, 2.24) is 14.8 Å². The van der Waals surface area contributed by atoms with Crippen molar-refractivity contribution < 1.29 is 14.7 Å². The molecule has 0 saturated carbocycles. The molecule has 0 fully saturated rings. The van der Waals surface area contributed by atoms with Crippen LogP contribution in [0.4, 0.5) is 5.69 Å². The van der Waals surface area contributed by atoms with Crippen molar-refractivity contribution in [3.63, 3.8) is 0 Å². The van der Waals surface area contributed by atoms with E-state index in [1.54, 1.807) is 12.1 Å². The van der Waals surface area contributed by atoms with Gasteiger partial charge >= 0.3 is 5.97 Å².